The number of dihydropyridines is 1. The van der Waals surface area contributed by atoms with Gasteiger partial charge in [0, 0.05) is 18.5 Å². The van der Waals surface area contributed by atoms with Gasteiger partial charge in [0.25, 0.3) is 0 Å². The highest BCUT2D eigenvalue weighted by Crippen LogP contribution is 2.37. The number of fused-ring (bicyclic) bond motifs is 1. The van der Waals surface area contributed by atoms with E-state index >= 15 is 0 Å². The Balaban J connectivity index is 1.50. The van der Waals surface area contributed by atoms with Gasteiger partial charge in [0.05, 0.1) is 19.7 Å². The van der Waals surface area contributed by atoms with Crippen molar-refractivity contribution in [3.05, 3.63) is 87.6 Å². The first-order valence-corrected chi connectivity index (χ1v) is 15.4. The second-order valence-corrected chi connectivity index (χ2v) is 11.8. The Kier molecular flexibility index (Phi) is 11.2. The molecule has 0 bridgehead atoms. The van der Waals surface area contributed by atoms with Gasteiger partial charge in [-0.1, -0.05) is 74.1 Å². The van der Waals surface area contributed by atoms with E-state index in [1.807, 2.05) is 6.20 Å². The minimum absolute atomic E-state index is 0.0104. The van der Waals surface area contributed by atoms with Crippen LogP contribution in [0.2, 0.25) is 0 Å². The van der Waals surface area contributed by atoms with Crippen molar-refractivity contribution >= 4 is 17.6 Å². The predicted molar refractivity (Wildman–Crippen MR) is 170 cm³/mol. The summed E-state index contributed by atoms with van der Waals surface area (Å²) in [5.41, 5.74) is 7.92. The minimum atomic E-state index is -0.209. The molecular formula is C36H46N2O4. The Morgan fingerprint density at radius 3 is 2.55 bits per heavy atom. The van der Waals surface area contributed by atoms with Gasteiger partial charge in [-0.05, 0) is 85.7 Å². The maximum absolute atomic E-state index is 12.6. The summed E-state index contributed by atoms with van der Waals surface area (Å²) in [6, 6.07) is 10.2. The van der Waals surface area contributed by atoms with Crippen molar-refractivity contribution in [1.82, 2.24) is 10.6 Å². The van der Waals surface area contributed by atoms with Crippen molar-refractivity contribution in [2.45, 2.75) is 90.6 Å². The van der Waals surface area contributed by atoms with E-state index in [1.54, 1.807) is 18.2 Å². The molecule has 6 nitrogen and oxygen atoms in total. The quantitative estimate of drug-likeness (QED) is 0.129. The van der Waals surface area contributed by atoms with Crippen LogP contribution >= 0.6 is 0 Å². The van der Waals surface area contributed by atoms with E-state index < -0.39 is 0 Å². The van der Waals surface area contributed by atoms with Crippen molar-refractivity contribution in [1.29, 1.82) is 0 Å². The van der Waals surface area contributed by atoms with Gasteiger partial charge >= 0.3 is 0 Å². The van der Waals surface area contributed by atoms with Gasteiger partial charge in [0.2, 0.25) is 0 Å². The first-order valence-electron chi connectivity index (χ1n) is 15.4. The smallest absolute Gasteiger partial charge is 0.163 e. The van der Waals surface area contributed by atoms with Crippen molar-refractivity contribution in [3.8, 4) is 11.5 Å². The van der Waals surface area contributed by atoms with Gasteiger partial charge in [0.1, 0.15) is 5.78 Å². The van der Waals surface area contributed by atoms with Crippen LogP contribution in [0.1, 0.15) is 92.0 Å². The first kappa shape index (κ1) is 31.3. The van der Waals surface area contributed by atoms with E-state index in [0.717, 1.165) is 55.3 Å². The number of methoxy groups -OCH3 is 1. The summed E-state index contributed by atoms with van der Waals surface area (Å²) in [5, 5.41) is 17.7. The third kappa shape index (κ3) is 8.45. The molecule has 4 rings (SSSR count). The summed E-state index contributed by atoms with van der Waals surface area (Å²) in [5.74, 6) is 0.492. The van der Waals surface area contributed by atoms with E-state index in [-0.39, 0.29) is 29.9 Å². The first-order chi connectivity index (χ1) is 20.3. The van der Waals surface area contributed by atoms with Crippen LogP contribution in [-0.2, 0) is 16.0 Å². The molecule has 0 radical (unpaired) electrons. The fraction of sp³-hybridized carbons (Fsp3) is 0.444. The molecule has 2 aromatic rings. The molecule has 1 saturated heterocycles. The SMILES string of the molecule is CCCCCCCC(=O)CC(=O)/C=C/c1cc(OC)c(O)cc1CC1=CNC2NCC[C@@H](c3cc(C)cc(C)c3)C2=C1. The highest BCUT2D eigenvalue weighted by atomic mass is 16.5. The second-order valence-electron chi connectivity index (χ2n) is 11.8. The van der Waals surface area contributed by atoms with Gasteiger partial charge in [0.15, 0.2) is 17.3 Å². The fourth-order valence-corrected chi connectivity index (χ4v) is 6.08. The zero-order valence-corrected chi connectivity index (χ0v) is 25.6. The number of benzene rings is 2. The lowest BCUT2D eigenvalue weighted by Crippen LogP contribution is -2.48. The number of ketones is 2. The molecule has 0 aromatic heterocycles. The Hall–Kier alpha value is -3.64. The van der Waals surface area contributed by atoms with Gasteiger partial charge in [-0.3, -0.25) is 14.9 Å². The van der Waals surface area contributed by atoms with Crippen molar-refractivity contribution in [2.24, 2.45) is 0 Å². The zero-order chi connectivity index (χ0) is 30.1. The highest BCUT2D eigenvalue weighted by Gasteiger charge is 2.30. The normalized spacial score (nSPS) is 18.2. The minimum Gasteiger partial charge on any atom is -0.504 e. The largest absolute Gasteiger partial charge is 0.504 e. The number of Topliss-reactive ketones (excluding diaryl/α,β-unsaturated/α-hetero) is 1. The molecule has 224 valence electrons. The van der Waals surface area contributed by atoms with Gasteiger partial charge in [-0.25, -0.2) is 0 Å². The van der Waals surface area contributed by atoms with Crippen molar-refractivity contribution in [2.75, 3.05) is 13.7 Å². The molecule has 0 spiro atoms. The maximum atomic E-state index is 12.6. The van der Waals surface area contributed by atoms with E-state index in [0.29, 0.717) is 24.5 Å². The Morgan fingerprint density at radius 2 is 1.81 bits per heavy atom. The van der Waals surface area contributed by atoms with Crippen LogP contribution in [-0.4, -0.2) is 36.5 Å². The number of allylic oxidation sites excluding steroid dienone is 3. The third-order valence-electron chi connectivity index (χ3n) is 8.17. The van der Waals surface area contributed by atoms with Crippen LogP contribution in [0.25, 0.3) is 6.08 Å². The molecule has 2 aliphatic heterocycles. The Bertz CT molecular complexity index is 1350. The number of rotatable bonds is 14. The van der Waals surface area contributed by atoms with E-state index in [9.17, 15) is 14.7 Å². The number of phenols is 1. The number of carbonyl (C=O) groups is 2. The molecule has 2 heterocycles. The van der Waals surface area contributed by atoms with E-state index in [4.69, 9.17) is 4.74 Å². The molecule has 6 heteroatoms. The van der Waals surface area contributed by atoms with Gasteiger partial charge in [-0.15, -0.1) is 0 Å². The summed E-state index contributed by atoms with van der Waals surface area (Å²) >= 11 is 0. The number of phenolic OH excluding ortho intramolecular Hbond substituents is 1. The summed E-state index contributed by atoms with van der Waals surface area (Å²) < 4.78 is 5.36. The molecule has 3 N–H and O–H groups in total. The topological polar surface area (TPSA) is 87.7 Å². The number of aryl methyl sites for hydroxylation is 2. The van der Waals surface area contributed by atoms with Crippen LogP contribution in [0, 0.1) is 13.8 Å². The number of aromatic hydroxyl groups is 1. The molecule has 2 atom stereocenters. The monoisotopic (exact) mass is 570 g/mol. The van der Waals surface area contributed by atoms with E-state index in [2.05, 4.69) is 55.7 Å². The lowest BCUT2D eigenvalue weighted by molar-refractivity contribution is -0.124. The standard InChI is InChI=1S/C36H46N2O4/c1-5-6-7-8-9-10-30(39)22-31(40)12-11-27-21-35(42-4)34(41)20-28(27)18-26-19-33-32(13-14-37-36(33)38-23-26)29-16-24(2)15-25(3)17-29/h11-12,15-17,19-21,23,32,36-38,41H,5-10,13-14,18,22H2,1-4H3/b12-11+/t32-,36?/m0/s1. The highest BCUT2D eigenvalue weighted by molar-refractivity contribution is 6.06. The molecule has 42 heavy (non-hydrogen) atoms. The second kappa shape index (κ2) is 15.0. The molecular weight excluding hydrogens is 524 g/mol. The fourth-order valence-electron chi connectivity index (χ4n) is 6.08. The number of ether oxygens (including phenoxy) is 1. The molecule has 1 unspecified atom stereocenters. The number of hydrogen-bond acceptors (Lipinski definition) is 6. The zero-order valence-electron chi connectivity index (χ0n) is 25.6. The summed E-state index contributed by atoms with van der Waals surface area (Å²) in [6.45, 7) is 7.40. The Morgan fingerprint density at radius 1 is 1.05 bits per heavy atom. The molecule has 0 aliphatic carbocycles. The molecule has 2 aliphatic rings. The van der Waals surface area contributed by atoms with Crippen LogP contribution in [0.4, 0.5) is 0 Å². The number of nitrogens with one attached hydrogen (secondary N) is 2. The molecule has 0 amide bonds. The van der Waals surface area contributed by atoms with Crippen LogP contribution in [0.3, 0.4) is 0 Å². The summed E-state index contributed by atoms with van der Waals surface area (Å²) in [7, 11) is 1.51. The van der Waals surface area contributed by atoms with E-state index in [1.165, 1.54) is 41.9 Å². The number of hydrogen-bond donors (Lipinski definition) is 3. The van der Waals surface area contributed by atoms with Crippen molar-refractivity contribution in [3.63, 3.8) is 0 Å². The lowest BCUT2D eigenvalue weighted by Gasteiger charge is -2.37. The number of piperidine rings is 1. The van der Waals surface area contributed by atoms with Gasteiger partial charge < -0.3 is 15.2 Å². The average molecular weight is 571 g/mol. The van der Waals surface area contributed by atoms with Gasteiger partial charge in [-0.2, -0.15) is 0 Å². The van der Waals surface area contributed by atoms with Crippen LogP contribution in [0.15, 0.2) is 59.8 Å². The maximum Gasteiger partial charge on any atom is 0.163 e. The lowest BCUT2D eigenvalue weighted by atomic mass is 9.80. The summed E-state index contributed by atoms with van der Waals surface area (Å²) in [6.07, 6.45) is 14.9. The van der Waals surface area contributed by atoms with Crippen molar-refractivity contribution < 1.29 is 19.4 Å². The predicted octanol–water partition coefficient (Wildman–Crippen LogP) is 6.98. The Labute approximate surface area is 250 Å². The van der Waals surface area contributed by atoms with Crippen LogP contribution < -0.4 is 15.4 Å². The third-order valence-corrected chi connectivity index (χ3v) is 8.17. The molecule has 2 aromatic carbocycles. The molecule has 0 saturated carbocycles. The average Bonchev–Trinajstić information content (AvgIpc) is 2.95. The number of unbranched alkanes of at least 4 members (excludes halogenated alkanes) is 4. The van der Waals surface area contributed by atoms with Crippen LogP contribution in [0.5, 0.6) is 11.5 Å². The molecule has 1 fully saturated rings. The number of carbonyl (C=O) groups excluding carboxylic acids is 2. The summed E-state index contributed by atoms with van der Waals surface area (Å²) in [4.78, 5) is 25.0.